The van der Waals surface area contributed by atoms with E-state index in [4.69, 9.17) is 4.74 Å². The number of ether oxygens (including phenoxy) is 1. The predicted octanol–water partition coefficient (Wildman–Crippen LogP) is -0.380. The quantitative estimate of drug-likeness (QED) is 0.423. The second-order valence-corrected chi connectivity index (χ2v) is 6.93. The minimum absolute atomic E-state index is 0.0868. The topological polar surface area (TPSA) is 143 Å². The van der Waals surface area contributed by atoms with Gasteiger partial charge < -0.3 is 14.6 Å². The molecule has 0 aliphatic rings. The lowest BCUT2D eigenvalue weighted by molar-refractivity contribution is -0.147. The molecule has 0 aliphatic carbocycles. The average Bonchev–Trinajstić information content (AvgIpc) is 3.37. The van der Waals surface area contributed by atoms with Gasteiger partial charge in [0.15, 0.2) is 17.8 Å². The summed E-state index contributed by atoms with van der Waals surface area (Å²) in [5, 5.41) is 2.62. The number of carbonyl (C=O) groups is 2. The Morgan fingerprint density at radius 3 is 2.77 bits per heavy atom. The monoisotopic (exact) mass is 429 g/mol. The molecule has 12 nitrogen and oxygen atoms in total. The fourth-order valence-corrected chi connectivity index (χ4v) is 3.49. The first-order valence-corrected chi connectivity index (χ1v) is 9.37. The van der Waals surface area contributed by atoms with Gasteiger partial charge in [0.05, 0.1) is 23.7 Å². The van der Waals surface area contributed by atoms with Gasteiger partial charge in [-0.3, -0.25) is 23.5 Å². The highest BCUT2D eigenvalue weighted by Gasteiger charge is 2.17. The molecule has 0 spiro atoms. The van der Waals surface area contributed by atoms with Crippen LogP contribution >= 0.6 is 11.7 Å². The number of nitrogens with zero attached hydrogens (tertiary/aromatic N) is 6. The number of anilines is 1. The second kappa shape index (κ2) is 7.51. The normalized spacial score (nSPS) is 11.1. The van der Waals surface area contributed by atoms with Crippen LogP contribution in [0, 0.1) is 0 Å². The molecule has 4 rings (SSSR count). The van der Waals surface area contributed by atoms with Crippen LogP contribution in [0.25, 0.3) is 22.2 Å². The van der Waals surface area contributed by atoms with Crippen molar-refractivity contribution in [3.63, 3.8) is 0 Å². The number of aromatic nitrogens is 6. The number of aryl methyl sites for hydroxylation is 1. The van der Waals surface area contributed by atoms with Crippen molar-refractivity contribution >= 4 is 51.5 Å². The molecule has 0 unspecified atom stereocenters. The molecule has 154 valence electrons. The lowest BCUT2D eigenvalue weighted by atomic mass is 10.2. The summed E-state index contributed by atoms with van der Waals surface area (Å²) >= 11 is 1.03. The van der Waals surface area contributed by atoms with Gasteiger partial charge in [-0.25, -0.2) is 9.78 Å². The van der Waals surface area contributed by atoms with E-state index in [1.807, 2.05) is 0 Å². The fraction of sp³-hybridized carbons (Fsp3) is 0.235. The standard InChI is InChI=1S/C17H15N7O5S/c1-22-15-14(16(27)23(2)17(22)28)24(8-18-15)6-12(26)29-7-11(25)19-9-4-3-5-10-13(9)21-30-20-10/h3-5,8H,6-7H2,1-2H3,(H,19,25). The summed E-state index contributed by atoms with van der Waals surface area (Å²) in [5.41, 5.74) is 0.796. The van der Waals surface area contributed by atoms with Crippen LogP contribution in [-0.2, 0) is 35.0 Å². The molecule has 1 amide bonds. The number of benzene rings is 1. The molecule has 0 saturated carbocycles. The van der Waals surface area contributed by atoms with Crippen LogP contribution in [0.2, 0.25) is 0 Å². The smallest absolute Gasteiger partial charge is 0.332 e. The van der Waals surface area contributed by atoms with Crippen molar-refractivity contribution in [1.82, 2.24) is 27.4 Å². The number of carbonyl (C=O) groups excluding carboxylic acids is 2. The zero-order valence-corrected chi connectivity index (χ0v) is 16.7. The third-order valence-corrected chi connectivity index (χ3v) is 4.98. The Bertz CT molecular complexity index is 1410. The summed E-state index contributed by atoms with van der Waals surface area (Å²) in [5.74, 6) is -1.29. The summed E-state index contributed by atoms with van der Waals surface area (Å²) in [4.78, 5) is 52.7. The number of fused-ring (bicyclic) bond motifs is 2. The molecule has 0 atom stereocenters. The predicted molar refractivity (Wildman–Crippen MR) is 107 cm³/mol. The fourth-order valence-electron chi connectivity index (χ4n) is 2.94. The number of rotatable bonds is 5. The molecule has 0 radical (unpaired) electrons. The number of hydrogen-bond donors (Lipinski definition) is 1. The minimum Gasteiger partial charge on any atom is -0.454 e. The zero-order valence-electron chi connectivity index (χ0n) is 15.9. The Labute approximate surface area is 171 Å². The Balaban J connectivity index is 1.44. The maximum absolute atomic E-state index is 12.4. The number of amides is 1. The SMILES string of the molecule is Cn1c(=O)c2c(ncn2CC(=O)OCC(=O)Nc2cccc3nsnc23)n(C)c1=O. The van der Waals surface area contributed by atoms with Crippen LogP contribution in [0.15, 0.2) is 34.1 Å². The molecule has 1 N–H and O–H groups in total. The van der Waals surface area contributed by atoms with Crippen LogP contribution in [0.3, 0.4) is 0 Å². The molecule has 4 aromatic rings. The minimum atomic E-state index is -0.742. The van der Waals surface area contributed by atoms with Gasteiger partial charge in [0.1, 0.15) is 17.6 Å². The lowest BCUT2D eigenvalue weighted by Crippen LogP contribution is -2.37. The van der Waals surface area contributed by atoms with Crippen LogP contribution in [0.5, 0.6) is 0 Å². The number of hydrogen-bond acceptors (Lipinski definition) is 9. The van der Waals surface area contributed by atoms with Crippen molar-refractivity contribution in [3.05, 3.63) is 45.4 Å². The number of imidazole rings is 1. The van der Waals surface area contributed by atoms with Gasteiger partial charge in [0.2, 0.25) is 0 Å². The van der Waals surface area contributed by atoms with Crippen molar-refractivity contribution in [1.29, 1.82) is 0 Å². The summed E-state index contributed by atoms with van der Waals surface area (Å²) in [6.07, 6.45) is 1.27. The molecule has 3 heterocycles. The van der Waals surface area contributed by atoms with Crippen LogP contribution < -0.4 is 16.6 Å². The summed E-state index contributed by atoms with van der Waals surface area (Å²) in [6, 6.07) is 5.16. The molecule has 0 bridgehead atoms. The van der Waals surface area contributed by atoms with Gasteiger partial charge in [-0.1, -0.05) is 6.07 Å². The molecule has 0 fully saturated rings. The molecular weight excluding hydrogens is 414 g/mol. The largest absolute Gasteiger partial charge is 0.454 e. The van der Waals surface area contributed by atoms with E-state index < -0.39 is 29.7 Å². The summed E-state index contributed by atoms with van der Waals surface area (Å²) in [6.45, 7) is -0.862. The van der Waals surface area contributed by atoms with E-state index in [9.17, 15) is 19.2 Å². The molecule has 1 aromatic carbocycles. The highest BCUT2D eigenvalue weighted by atomic mass is 32.1. The lowest BCUT2D eigenvalue weighted by Gasteiger charge is -2.08. The highest BCUT2D eigenvalue weighted by Crippen LogP contribution is 2.20. The van der Waals surface area contributed by atoms with Gasteiger partial charge in [0.25, 0.3) is 11.5 Å². The molecule has 0 saturated heterocycles. The van der Waals surface area contributed by atoms with Crippen molar-refractivity contribution in [2.24, 2.45) is 14.1 Å². The van der Waals surface area contributed by atoms with E-state index in [0.717, 1.165) is 16.3 Å². The summed E-state index contributed by atoms with van der Waals surface area (Å²) < 4.78 is 16.6. The first-order chi connectivity index (χ1) is 14.4. The van der Waals surface area contributed by atoms with Crippen LogP contribution in [0.4, 0.5) is 5.69 Å². The first kappa shape index (κ1) is 19.4. The molecule has 30 heavy (non-hydrogen) atoms. The highest BCUT2D eigenvalue weighted by molar-refractivity contribution is 7.00. The van der Waals surface area contributed by atoms with Crippen molar-refractivity contribution < 1.29 is 14.3 Å². The maximum Gasteiger partial charge on any atom is 0.332 e. The van der Waals surface area contributed by atoms with E-state index >= 15 is 0 Å². The second-order valence-electron chi connectivity index (χ2n) is 6.40. The maximum atomic E-state index is 12.4. The summed E-state index contributed by atoms with van der Waals surface area (Å²) in [7, 11) is 2.81. The Morgan fingerprint density at radius 2 is 1.97 bits per heavy atom. The Hall–Kier alpha value is -3.87. The Kier molecular flexibility index (Phi) is 4.87. The first-order valence-electron chi connectivity index (χ1n) is 8.64. The van der Waals surface area contributed by atoms with Gasteiger partial charge in [-0.05, 0) is 12.1 Å². The zero-order chi connectivity index (χ0) is 21.4. The van der Waals surface area contributed by atoms with Gasteiger partial charge in [0, 0.05) is 14.1 Å². The van der Waals surface area contributed by atoms with Gasteiger partial charge in [-0.2, -0.15) is 8.75 Å². The molecule has 13 heteroatoms. The van der Waals surface area contributed by atoms with Crippen LogP contribution in [-0.4, -0.2) is 45.9 Å². The van der Waals surface area contributed by atoms with Crippen molar-refractivity contribution in [2.45, 2.75) is 6.54 Å². The number of esters is 1. The third-order valence-electron chi connectivity index (χ3n) is 4.44. The van der Waals surface area contributed by atoms with Crippen LogP contribution in [0.1, 0.15) is 0 Å². The van der Waals surface area contributed by atoms with E-state index in [1.165, 1.54) is 29.6 Å². The molecule has 0 aliphatic heterocycles. The third kappa shape index (κ3) is 3.34. The Morgan fingerprint density at radius 1 is 1.17 bits per heavy atom. The van der Waals surface area contributed by atoms with E-state index in [-0.39, 0.29) is 17.7 Å². The van der Waals surface area contributed by atoms with Gasteiger partial charge in [-0.15, -0.1) is 0 Å². The van der Waals surface area contributed by atoms with E-state index in [1.54, 1.807) is 18.2 Å². The molecule has 3 aromatic heterocycles. The van der Waals surface area contributed by atoms with Gasteiger partial charge >= 0.3 is 11.7 Å². The van der Waals surface area contributed by atoms with Crippen molar-refractivity contribution in [2.75, 3.05) is 11.9 Å². The molecular formula is C17H15N7O5S. The van der Waals surface area contributed by atoms with E-state index in [0.29, 0.717) is 16.7 Å². The average molecular weight is 429 g/mol. The van der Waals surface area contributed by atoms with E-state index in [2.05, 4.69) is 19.0 Å². The van der Waals surface area contributed by atoms with Crippen molar-refractivity contribution in [3.8, 4) is 0 Å². The number of nitrogens with one attached hydrogen (secondary N) is 1.